The van der Waals surface area contributed by atoms with Gasteiger partial charge in [-0.2, -0.15) is 0 Å². The van der Waals surface area contributed by atoms with Crippen LogP contribution in [-0.2, 0) is 0 Å². The fourth-order valence-electron chi connectivity index (χ4n) is 1.22. The number of methoxy groups -OCH3 is 1. The fraction of sp³-hybridized carbons (Fsp3) is 0.455. The second kappa shape index (κ2) is 4.90. The van der Waals surface area contributed by atoms with Crippen molar-refractivity contribution < 1.29 is 4.74 Å². The van der Waals surface area contributed by atoms with Gasteiger partial charge in [0.2, 0.25) is 0 Å². The molecule has 14 heavy (non-hydrogen) atoms. The number of rotatable bonds is 3. The van der Waals surface area contributed by atoms with Gasteiger partial charge in [0.05, 0.1) is 12.5 Å². The number of halogens is 2. The fourth-order valence-corrected chi connectivity index (χ4v) is 1.75. The molecule has 0 aliphatic carbocycles. The number of benzene rings is 1. The van der Waals surface area contributed by atoms with Crippen molar-refractivity contribution in [2.24, 2.45) is 5.92 Å². The third kappa shape index (κ3) is 2.55. The van der Waals surface area contributed by atoms with Crippen molar-refractivity contribution >= 4 is 23.2 Å². The summed E-state index contributed by atoms with van der Waals surface area (Å²) in [6, 6.07) is 5.58. The predicted molar refractivity (Wildman–Crippen MR) is 61.4 cm³/mol. The molecule has 0 amide bonds. The van der Waals surface area contributed by atoms with Crippen LogP contribution in [0.1, 0.15) is 24.8 Å². The Bertz CT molecular complexity index is 310. The Morgan fingerprint density at radius 3 is 2.36 bits per heavy atom. The summed E-state index contributed by atoms with van der Waals surface area (Å²) in [4.78, 5) is 0. The largest absolute Gasteiger partial charge is 0.497 e. The summed E-state index contributed by atoms with van der Waals surface area (Å²) >= 11 is 12.3. The monoisotopic (exact) mass is 232 g/mol. The maximum Gasteiger partial charge on any atom is 0.120 e. The minimum absolute atomic E-state index is 0.0478. The first-order chi connectivity index (χ1) is 6.56. The van der Waals surface area contributed by atoms with Gasteiger partial charge in [-0.15, -0.1) is 11.6 Å². The quantitative estimate of drug-likeness (QED) is 0.708. The lowest BCUT2D eigenvalue weighted by Gasteiger charge is -2.15. The summed E-state index contributed by atoms with van der Waals surface area (Å²) in [5, 5.41) is 0.617. The molecule has 0 spiro atoms. The van der Waals surface area contributed by atoms with Crippen LogP contribution in [0, 0.1) is 5.92 Å². The average molecular weight is 233 g/mol. The zero-order chi connectivity index (χ0) is 10.7. The third-order valence-corrected chi connectivity index (χ3v) is 3.16. The van der Waals surface area contributed by atoms with Crippen LogP contribution in [-0.4, -0.2) is 7.11 Å². The molecule has 1 unspecified atom stereocenters. The van der Waals surface area contributed by atoms with E-state index in [9.17, 15) is 0 Å². The second-order valence-electron chi connectivity index (χ2n) is 3.53. The molecule has 0 aromatic heterocycles. The molecule has 1 aromatic rings. The highest BCUT2D eigenvalue weighted by Gasteiger charge is 2.15. The van der Waals surface area contributed by atoms with E-state index >= 15 is 0 Å². The molecular weight excluding hydrogens is 219 g/mol. The minimum Gasteiger partial charge on any atom is -0.497 e. The number of ether oxygens (including phenoxy) is 1. The molecule has 1 nitrogen and oxygen atoms in total. The number of alkyl halides is 1. The SMILES string of the molecule is COc1ccc(C(Cl)C(C)C)c(Cl)c1. The molecule has 0 fully saturated rings. The Labute approximate surface area is 95.0 Å². The van der Waals surface area contributed by atoms with Gasteiger partial charge in [0.1, 0.15) is 5.75 Å². The van der Waals surface area contributed by atoms with Crippen LogP contribution in [0.5, 0.6) is 5.75 Å². The van der Waals surface area contributed by atoms with Crippen LogP contribution in [0.4, 0.5) is 0 Å². The Morgan fingerprint density at radius 1 is 1.29 bits per heavy atom. The average Bonchev–Trinajstić information content (AvgIpc) is 2.16. The van der Waals surface area contributed by atoms with Crippen molar-refractivity contribution in [2.75, 3.05) is 7.11 Å². The summed E-state index contributed by atoms with van der Waals surface area (Å²) in [6.07, 6.45) is 0. The van der Waals surface area contributed by atoms with Gasteiger partial charge in [-0.3, -0.25) is 0 Å². The topological polar surface area (TPSA) is 9.23 Å². The normalized spacial score (nSPS) is 13.0. The number of hydrogen-bond acceptors (Lipinski definition) is 1. The highest BCUT2D eigenvalue weighted by atomic mass is 35.5. The van der Waals surface area contributed by atoms with Crippen LogP contribution in [0.25, 0.3) is 0 Å². The smallest absolute Gasteiger partial charge is 0.120 e. The molecule has 78 valence electrons. The minimum atomic E-state index is -0.0478. The van der Waals surface area contributed by atoms with Crippen molar-refractivity contribution in [1.29, 1.82) is 0 Å². The van der Waals surface area contributed by atoms with E-state index in [1.807, 2.05) is 12.1 Å². The van der Waals surface area contributed by atoms with Gasteiger partial charge < -0.3 is 4.74 Å². The molecule has 0 N–H and O–H groups in total. The Kier molecular flexibility index (Phi) is 4.09. The summed E-state index contributed by atoms with van der Waals surface area (Å²) in [7, 11) is 1.62. The van der Waals surface area contributed by atoms with E-state index in [0.717, 1.165) is 11.3 Å². The van der Waals surface area contributed by atoms with Gasteiger partial charge in [-0.25, -0.2) is 0 Å². The highest BCUT2D eigenvalue weighted by molar-refractivity contribution is 6.33. The van der Waals surface area contributed by atoms with Crippen LogP contribution < -0.4 is 4.74 Å². The molecule has 0 aliphatic heterocycles. The first kappa shape index (κ1) is 11.7. The third-order valence-electron chi connectivity index (χ3n) is 2.09. The van der Waals surface area contributed by atoms with Gasteiger partial charge in [-0.05, 0) is 23.6 Å². The van der Waals surface area contributed by atoms with Crippen LogP contribution in [0.15, 0.2) is 18.2 Å². The molecule has 0 aliphatic rings. The van der Waals surface area contributed by atoms with Gasteiger partial charge in [-0.1, -0.05) is 31.5 Å². The van der Waals surface area contributed by atoms with E-state index in [2.05, 4.69) is 13.8 Å². The highest BCUT2D eigenvalue weighted by Crippen LogP contribution is 2.35. The summed E-state index contributed by atoms with van der Waals surface area (Å²) in [5.41, 5.74) is 0.962. The van der Waals surface area contributed by atoms with Crippen molar-refractivity contribution in [3.8, 4) is 5.75 Å². The van der Waals surface area contributed by atoms with E-state index in [4.69, 9.17) is 27.9 Å². The predicted octanol–water partition coefficient (Wildman–Crippen LogP) is 4.28. The van der Waals surface area contributed by atoms with E-state index in [1.165, 1.54) is 0 Å². The van der Waals surface area contributed by atoms with Crippen LogP contribution in [0.2, 0.25) is 5.02 Å². The van der Waals surface area contributed by atoms with E-state index in [-0.39, 0.29) is 5.38 Å². The zero-order valence-electron chi connectivity index (χ0n) is 8.55. The van der Waals surface area contributed by atoms with Crippen molar-refractivity contribution in [1.82, 2.24) is 0 Å². The molecule has 1 rings (SSSR count). The molecule has 0 radical (unpaired) electrons. The molecule has 0 bridgehead atoms. The molecule has 0 saturated heterocycles. The van der Waals surface area contributed by atoms with Crippen LogP contribution >= 0.6 is 23.2 Å². The van der Waals surface area contributed by atoms with Crippen molar-refractivity contribution in [2.45, 2.75) is 19.2 Å². The first-order valence-corrected chi connectivity index (χ1v) is 5.35. The van der Waals surface area contributed by atoms with Gasteiger partial charge in [0.25, 0.3) is 0 Å². The summed E-state index contributed by atoms with van der Waals surface area (Å²) in [6.45, 7) is 4.14. The van der Waals surface area contributed by atoms with Gasteiger partial charge >= 0.3 is 0 Å². The lowest BCUT2D eigenvalue weighted by molar-refractivity contribution is 0.414. The molecule has 1 aromatic carbocycles. The first-order valence-electron chi connectivity index (χ1n) is 4.53. The van der Waals surface area contributed by atoms with Crippen molar-refractivity contribution in [3.05, 3.63) is 28.8 Å². The summed E-state index contributed by atoms with van der Waals surface area (Å²) in [5.74, 6) is 1.12. The Hall–Kier alpha value is -0.400. The van der Waals surface area contributed by atoms with E-state index in [0.29, 0.717) is 10.9 Å². The van der Waals surface area contributed by atoms with Crippen molar-refractivity contribution in [3.63, 3.8) is 0 Å². The van der Waals surface area contributed by atoms with Gasteiger partial charge in [0.15, 0.2) is 0 Å². The van der Waals surface area contributed by atoms with E-state index in [1.54, 1.807) is 13.2 Å². The van der Waals surface area contributed by atoms with E-state index < -0.39 is 0 Å². The maximum atomic E-state index is 6.22. The standard InChI is InChI=1S/C11H14Cl2O/c1-7(2)11(13)9-5-4-8(14-3)6-10(9)12/h4-7,11H,1-3H3. The van der Waals surface area contributed by atoms with Gasteiger partial charge in [0, 0.05) is 5.02 Å². The molecule has 1 atom stereocenters. The molecule has 0 heterocycles. The van der Waals surface area contributed by atoms with Crippen LogP contribution in [0.3, 0.4) is 0 Å². The Morgan fingerprint density at radius 2 is 1.93 bits per heavy atom. The number of hydrogen-bond donors (Lipinski definition) is 0. The molecule has 0 saturated carbocycles. The lowest BCUT2D eigenvalue weighted by Crippen LogP contribution is -2.00. The zero-order valence-corrected chi connectivity index (χ0v) is 10.1. The maximum absolute atomic E-state index is 6.22. The molecular formula is C11H14Cl2O. The Balaban J connectivity index is 2.99. The molecule has 3 heteroatoms. The lowest BCUT2D eigenvalue weighted by atomic mass is 10.0. The summed E-state index contributed by atoms with van der Waals surface area (Å²) < 4.78 is 5.06. The second-order valence-corrected chi connectivity index (χ2v) is 4.41.